The summed E-state index contributed by atoms with van der Waals surface area (Å²) < 4.78 is 12.8. The normalized spacial score (nSPS) is 10.7. The van der Waals surface area contributed by atoms with Crippen LogP contribution in [0.25, 0.3) is 10.9 Å². The Morgan fingerprint density at radius 1 is 1.04 bits per heavy atom. The van der Waals surface area contributed by atoms with Crippen molar-refractivity contribution in [3.05, 3.63) is 60.3 Å². The Balaban J connectivity index is 1.78. The van der Waals surface area contributed by atoms with Crippen molar-refractivity contribution in [3.63, 3.8) is 0 Å². The number of Topliss-reactive ketones (excluding diaryl/α,β-unsaturated/α-hetero) is 1. The summed E-state index contributed by atoms with van der Waals surface area (Å²) >= 11 is 0. The molecule has 0 spiro atoms. The van der Waals surface area contributed by atoms with Crippen LogP contribution in [-0.4, -0.2) is 24.1 Å². The molecule has 118 valence electrons. The van der Waals surface area contributed by atoms with Gasteiger partial charge in [-0.05, 0) is 37.3 Å². The second-order valence-corrected chi connectivity index (χ2v) is 5.23. The number of benzene rings is 2. The molecular formula is C19H19NO3. The molecule has 0 aliphatic rings. The van der Waals surface area contributed by atoms with Crippen molar-refractivity contribution in [1.29, 1.82) is 0 Å². The first-order valence-electron chi connectivity index (χ1n) is 7.61. The zero-order valence-electron chi connectivity index (χ0n) is 13.3. The Kier molecular flexibility index (Phi) is 4.33. The number of ether oxygens (including phenoxy) is 2. The van der Waals surface area contributed by atoms with E-state index in [1.165, 1.54) is 0 Å². The van der Waals surface area contributed by atoms with Crippen LogP contribution in [-0.2, 0) is 6.54 Å². The lowest BCUT2D eigenvalue weighted by atomic mass is 10.1. The Hall–Kier alpha value is -2.75. The molecule has 0 N–H and O–H groups in total. The SMILES string of the molecule is CCn1cc(C(=O)COc2ccc(OC)cc2)c2ccccc21. The molecule has 0 fully saturated rings. The maximum atomic E-state index is 12.5. The monoisotopic (exact) mass is 309 g/mol. The highest BCUT2D eigenvalue weighted by Gasteiger charge is 2.14. The molecule has 4 heteroatoms. The van der Waals surface area contributed by atoms with Crippen LogP contribution in [0.15, 0.2) is 54.7 Å². The van der Waals surface area contributed by atoms with Crippen LogP contribution >= 0.6 is 0 Å². The van der Waals surface area contributed by atoms with Gasteiger partial charge in [0.15, 0.2) is 6.61 Å². The first-order valence-corrected chi connectivity index (χ1v) is 7.61. The zero-order valence-corrected chi connectivity index (χ0v) is 13.3. The molecule has 3 aromatic rings. The average Bonchev–Trinajstić information content (AvgIpc) is 2.99. The predicted molar refractivity (Wildman–Crippen MR) is 90.4 cm³/mol. The molecule has 0 amide bonds. The summed E-state index contributed by atoms with van der Waals surface area (Å²) in [5, 5.41) is 0.970. The predicted octanol–water partition coefficient (Wildman–Crippen LogP) is 3.93. The second kappa shape index (κ2) is 6.57. The average molecular weight is 309 g/mol. The number of carbonyl (C=O) groups excluding carboxylic acids is 1. The smallest absolute Gasteiger partial charge is 0.202 e. The lowest BCUT2D eigenvalue weighted by molar-refractivity contribution is 0.0923. The van der Waals surface area contributed by atoms with Gasteiger partial charge in [0, 0.05) is 29.2 Å². The number of ketones is 1. The van der Waals surface area contributed by atoms with E-state index in [9.17, 15) is 4.79 Å². The molecule has 3 rings (SSSR count). The fourth-order valence-corrected chi connectivity index (χ4v) is 2.63. The number of fused-ring (bicyclic) bond motifs is 1. The Morgan fingerprint density at radius 2 is 1.74 bits per heavy atom. The lowest BCUT2D eigenvalue weighted by Crippen LogP contribution is -2.11. The van der Waals surface area contributed by atoms with E-state index in [1.54, 1.807) is 19.2 Å². The van der Waals surface area contributed by atoms with Gasteiger partial charge in [0.1, 0.15) is 11.5 Å². The highest BCUT2D eigenvalue weighted by atomic mass is 16.5. The first-order chi connectivity index (χ1) is 11.2. The van der Waals surface area contributed by atoms with E-state index >= 15 is 0 Å². The molecule has 0 unspecified atom stereocenters. The van der Waals surface area contributed by atoms with Gasteiger partial charge in [-0.25, -0.2) is 0 Å². The number of carbonyl (C=O) groups is 1. The minimum Gasteiger partial charge on any atom is -0.497 e. The Bertz CT molecular complexity index is 818. The standard InChI is InChI=1S/C19H19NO3/c1-3-20-12-17(16-6-4-5-7-18(16)20)19(21)13-23-15-10-8-14(22-2)9-11-15/h4-12H,3,13H2,1-2H3. The van der Waals surface area contributed by atoms with Crippen molar-refractivity contribution >= 4 is 16.7 Å². The van der Waals surface area contributed by atoms with Gasteiger partial charge in [-0.3, -0.25) is 4.79 Å². The summed E-state index contributed by atoms with van der Waals surface area (Å²) in [7, 11) is 1.61. The van der Waals surface area contributed by atoms with E-state index in [0.717, 1.165) is 23.2 Å². The zero-order chi connectivity index (χ0) is 16.2. The number of rotatable bonds is 6. The van der Waals surface area contributed by atoms with Gasteiger partial charge in [-0.1, -0.05) is 18.2 Å². The van der Waals surface area contributed by atoms with E-state index in [4.69, 9.17) is 9.47 Å². The molecule has 1 aromatic heterocycles. The van der Waals surface area contributed by atoms with E-state index in [0.29, 0.717) is 11.3 Å². The van der Waals surface area contributed by atoms with Crippen LogP contribution in [0.5, 0.6) is 11.5 Å². The molecule has 23 heavy (non-hydrogen) atoms. The van der Waals surface area contributed by atoms with Crippen molar-refractivity contribution in [3.8, 4) is 11.5 Å². The summed E-state index contributed by atoms with van der Waals surface area (Å²) in [6.07, 6.45) is 1.91. The second-order valence-electron chi connectivity index (χ2n) is 5.23. The molecule has 1 heterocycles. The topological polar surface area (TPSA) is 40.5 Å². The first kappa shape index (κ1) is 15.2. The minimum atomic E-state index is -0.0239. The highest BCUT2D eigenvalue weighted by molar-refractivity contribution is 6.08. The number of aryl methyl sites for hydroxylation is 1. The Labute approximate surface area is 135 Å². The van der Waals surface area contributed by atoms with Gasteiger partial charge in [-0.2, -0.15) is 0 Å². The molecule has 0 aliphatic heterocycles. The summed E-state index contributed by atoms with van der Waals surface area (Å²) in [6, 6.07) is 15.1. The maximum Gasteiger partial charge on any atom is 0.202 e. The van der Waals surface area contributed by atoms with Crippen LogP contribution in [0.1, 0.15) is 17.3 Å². The van der Waals surface area contributed by atoms with Crippen LogP contribution < -0.4 is 9.47 Å². The van der Waals surface area contributed by atoms with E-state index in [-0.39, 0.29) is 12.4 Å². The molecular weight excluding hydrogens is 290 g/mol. The molecule has 0 atom stereocenters. The van der Waals surface area contributed by atoms with Crippen molar-refractivity contribution < 1.29 is 14.3 Å². The largest absolute Gasteiger partial charge is 0.497 e. The molecule has 4 nitrogen and oxygen atoms in total. The van der Waals surface area contributed by atoms with Gasteiger partial charge in [0.05, 0.1) is 7.11 Å². The number of para-hydroxylation sites is 1. The summed E-state index contributed by atoms with van der Waals surface area (Å²) in [5.74, 6) is 1.39. The third-order valence-electron chi connectivity index (χ3n) is 3.86. The van der Waals surface area contributed by atoms with Crippen molar-refractivity contribution in [2.24, 2.45) is 0 Å². The van der Waals surface area contributed by atoms with Gasteiger partial charge in [0.25, 0.3) is 0 Å². The third kappa shape index (κ3) is 3.06. The van der Waals surface area contributed by atoms with Crippen LogP contribution in [0.4, 0.5) is 0 Å². The molecule has 0 saturated heterocycles. The van der Waals surface area contributed by atoms with Gasteiger partial charge in [-0.15, -0.1) is 0 Å². The molecule has 0 radical (unpaired) electrons. The molecule has 0 bridgehead atoms. The summed E-state index contributed by atoms with van der Waals surface area (Å²) in [5.41, 5.74) is 1.78. The summed E-state index contributed by atoms with van der Waals surface area (Å²) in [4.78, 5) is 12.5. The van der Waals surface area contributed by atoms with Gasteiger partial charge in [0.2, 0.25) is 5.78 Å². The highest BCUT2D eigenvalue weighted by Crippen LogP contribution is 2.22. The van der Waals surface area contributed by atoms with E-state index in [2.05, 4.69) is 11.5 Å². The number of methoxy groups -OCH3 is 1. The molecule has 0 saturated carbocycles. The minimum absolute atomic E-state index is 0.0179. The van der Waals surface area contributed by atoms with E-state index < -0.39 is 0 Å². The van der Waals surface area contributed by atoms with Crippen LogP contribution in [0.2, 0.25) is 0 Å². The molecule has 0 aliphatic carbocycles. The fourth-order valence-electron chi connectivity index (χ4n) is 2.63. The van der Waals surface area contributed by atoms with Gasteiger partial charge >= 0.3 is 0 Å². The van der Waals surface area contributed by atoms with Crippen molar-refractivity contribution in [2.75, 3.05) is 13.7 Å². The molecule has 2 aromatic carbocycles. The van der Waals surface area contributed by atoms with Crippen LogP contribution in [0.3, 0.4) is 0 Å². The van der Waals surface area contributed by atoms with Gasteiger partial charge < -0.3 is 14.0 Å². The van der Waals surface area contributed by atoms with Crippen molar-refractivity contribution in [2.45, 2.75) is 13.5 Å². The lowest BCUT2D eigenvalue weighted by Gasteiger charge is -2.06. The number of hydrogen-bond donors (Lipinski definition) is 0. The van der Waals surface area contributed by atoms with Crippen LogP contribution in [0, 0.1) is 0 Å². The number of aromatic nitrogens is 1. The number of nitrogens with zero attached hydrogens (tertiary/aromatic N) is 1. The summed E-state index contributed by atoms with van der Waals surface area (Å²) in [6.45, 7) is 2.91. The fraction of sp³-hybridized carbons (Fsp3) is 0.211. The third-order valence-corrected chi connectivity index (χ3v) is 3.86. The van der Waals surface area contributed by atoms with Crippen molar-refractivity contribution in [1.82, 2.24) is 4.57 Å². The Morgan fingerprint density at radius 3 is 2.43 bits per heavy atom. The number of hydrogen-bond acceptors (Lipinski definition) is 3. The maximum absolute atomic E-state index is 12.5. The van der Waals surface area contributed by atoms with E-state index in [1.807, 2.05) is 42.6 Å². The quantitative estimate of drug-likeness (QED) is 0.648.